The topological polar surface area (TPSA) is 58.6 Å². The van der Waals surface area contributed by atoms with E-state index in [1.807, 2.05) is 60.4 Å². The van der Waals surface area contributed by atoms with Crippen molar-refractivity contribution >= 4 is 17.5 Å². The lowest BCUT2D eigenvalue weighted by molar-refractivity contribution is -0.130. The number of likely N-dealkylation sites (tertiary alicyclic amines) is 1. The summed E-state index contributed by atoms with van der Waals surface area (Å²) in [6.07, 6.45) is 6.05. The highest BCUT2D eigenvalue weighted by atomic mass is 16.5. The molecule has 1 N–H and O–H groups in total. The zero-order valence-electron chi connectivity index (χ0n) is 17.6. The van der Waals surface area contributed by atoms with Crippen molar-refractivity contribution in [1.29, 1.82) is 0 Å². The fourth-order valence-electron chi connectivity index (χ4n) is 4.69. The first-order chi connectivity index (χ1) is 14.7. The van der Waals surface area contributed by atoms with Crippen LogP contribution in [0.4, 0.5) is 5.69 Å². The summed E-state index contributed by atoms with van der Waals surface area (Å²) in [6.45, 7) is 3.07. The van der Waals surface area contributed by atoms with Crippen molar-refractivity contribution in [2.75, 3.05) is 18.5 Å². The predicted molar refractivity (Wildman–Crippen MR) is 118 cm³/mol. The molecule has 2 fully saturated rings. The van der Waals surface area contributed by atoms with Crippen LogP contribution in [0.3, 0.4) is 0 Å². The van der Waals surface area contributed by atoms with Crippen molar-refractivity contribution in [2.24, 2.45) is 5.92 Å². The van der Waals surface area contributed by atoms with Crippen LogP contribution in [0.5, 0.6) is 5.75 Å². The summed E-state index contributed by atoms with van der Waals surface area (Å²) in [6, 6.07) is 15.9. The minimum atomic E-state index is -0.297. The summed E-state index contributed by atoms with van der Waals surface area (Å²) in [5.41, 5.74) is 2.61. The summed E-state index contributed by atoms with van der Waals surface area (Å²) in [4.78, 5) is 27.6. The lowest BCUT2D eigenvalue weighted by Crippen LogP contribution is -2.38. The Morgan fingerprint density at radius 2 is 1.73 bits per heavy atom. The third kappa shape index (κ3) is 4.35. The third-order valence-electron chi connectivity index (χ3n) is 6.21. The van der Waals surface area contributed by atoms with Gasteiger partial charge in [0, 0.05) is 35.8 Å². The lowest BCUT2D eigenvalue weighted by atomic mass is 9.94. The molecule has 1 heterocycles. The Labute approximate surface area is 178 Å². The first-order valence-corrected chi connectivity index (χ1v) is 11.1. The van der Waals surface area contributed by atoms with Gasteiger partial charge in [0.15, 0.2) is 0 Å². The molecule has 2 aliphatic rings. The van der Waals surface area contributed by atoms with E-state index in [-0.39, 0.29) is 17.7 Å². The van der Waals surface area contributed by atoms with Crippen LogP contribution < -0.4 is 10.1 Å². The summed E-state index contributed by atoms with van der Waals surface area (Å²) >= 11 is 0. The Morgan fingerprint density at radius 1 is 1.03 bits per heavy atom. The van der Waals surface area contributed by atoms with E-state index in [2.05, 4.69) is 5.32 Å². The molecule has 2 aromatic carbocycles. The van der Waals surface area contributed by atoms with E-state index < -0.39 is 0 Å². The van der Waals surface area contributed by atoms with Crippen LogP contribution >= 0.6 is 0 Å². The number of para-hydroxylation sites is 2. The van der Waals surface area contributed by atoms with Crippen LogP contribution in [0.15, 0.2) is 48.5 Å². The summed E-state index contributed by atoms with van der Waals surface area (Å²) in [5, 5.41) is 3.09. The normalized spacial score (nSPS) is 19.7. The Hall–Kier alpha value is -2.82. The first kappa shape index (κ1) is 20.5. The number of nitrogens with one attached hydrogen (secondary N) is 1. The van der Waals surface area contributed by atoms with Gasteiger partial charge in [0.25, 0.3) is 0 Å². The van der Waals surface area contributed by atoms with Crippen molar-refractivity contribution in [3.05, 3.63) is 48.5 Å². The highest BCUT2D eigenvalue weighted by Crippen LogP contribution is 2.36. The van der Waals surface area contributed by atoms with Crippen LogP contribution in [0, 0.1) is 5.92 Å². The van der Waals surface area contributed by atoms with Gasteiger partial charge >= 0.3 is 0 Å². The van der Waals surface area contributed by atoms with Crippen LogP contribution in [-0.2, 0) is 9.59 Å². The number of nitrogens with zero attached hydrogens (tertiary/aromatic N) is 1. The summed E-state index contributed by atoms with van der Waals surface area (Å²) in [5.74, 6) is 0.538. The highest BCUT2D eigenvalue weighted by molar-refractivity contribution is 6.00. The second kappa shape index (κ2) is 9.33. The minimum absolute atomic E-state index is 0.0806. The summed E-state index contributed by atoms with van der Waals surface area (Å²) in [7, 11) is 0. The van der Waals surface area contributed by atoms with E-state index in [1.54, 1.807) is 0 Å². The molecule has 1 aliphatic heterocycles. The smallest absolute Gasteiger partial charge is 0.229 e. The average Bonchev–Trinajstić information content (AvgIpc) is 3.17. The number of carbonyl (C=O) groups excluding carboxylic acids is 2. The maximum atomic E-state index is 13.1. The van der Waals surface area contributed by atoms with Gasteiger partial charge in [-0.25, -0.2) is 0 Å². The standard InChI is InChI=1S/C25H30N2O3/c1-2-30-23-15-9-7-13-21(23)20-12-6-8-14-22(20)26-25(29)18-16-24(28)27(17-18)19-10-4-3-5-11-19/h6-9,12-15,18-19H,2-5,10-11,16-17H2,1H3,(H,26,29)/t18-/m1/s1. The molecule has 0 spiro atoms. The van der Waals surface area contributed by atoms with Gasteiger partial charge in [0.2, 0.25) is 11.8 Å². The largest absolute Gasteiger partial charge is 0.493 e. The van der Waals surface area contributed by atoms with Crippen LogP contribution in [0.25, 0.3) is 11.1 Å². The molecule has 2 amide bonds. The van der Waals surface area contributed by atoms with E-state index in [0.29, 0.717) is 25.6 Å². The van der Waals surface area contributed by atoms with E-state index >= 15 is 0 Å². The summed E-state index contributed by atoms with van der Waals surface area (Å²) < 4.78 is 5.78. The number of hydrogen-bond donors (Lipinski definition) is 1. The SMILES string of the molecule is CCOc1ccccc1-c1ccccc1NC(=O)[C@@H]1CC(=O)N(C2CCCCC2)C1. The fraction of sp³-hybridized carbons (Fsp3) is 0.440. The first-order valence-electron chi connectivity index (χ1n) is 11.1. The molecule has 4 rings (SSSR count). The zero-order valence-corrected chi connectivity index (χ0v) is 17.6. The molecule has 0 aromatic heterocycles. The molecule has 1 saturated heterocycles. The van der Waals surface area contributed by atoms with E-state index in [0.717, 1.165) is 35.4 Å². The molecular weight excluding hydrogens is 376 g/mol. The monoisotopic (exact) mass is 406 g/mol. The Bertz CT molecular complexity index is 905. The number of hydrogen-bond acceptors (Lipinski definition) is 3. The maximum Gasteiger partial charge on any atom is 0.229 e. The lowest BCUT2D eigenvalue weighted by Gasteiger charge is -2.31. The second-order valence-corrected chi connectivity index (χ2v) is 8.20. The molecule has 0 bridgehead atoms. The highest BCUT2D eigenvalue weighted by Gasteiger charge is 2.38. The molecule has 5 heteroatoms. The van der Waals surface area contributed by atoms with Gasteiger partial charge in [0.05, 0.1) is 12.5 Å². The van der Waals surface area contributed by atoms with Gasteiger partial charge in [-0.3, -0.25) is 9.59 Å². The molecule has 1 atom stereocenters. The number of rotatable bonds is 6. The van der Waals surface area contributed by atoms with E-state index in [4.69, 9.17) is 4.74 Å². The van der Waals surface area contributed by atoms with Crippen molar-refractivity contribution in [3.63, 3.8) is 0 Å². The van der Waals surface area contributed by atoms with Crippen molar-refractivity contribution in [2.45, 2.75) is 51.5 Å². The molecule has 1 aliphatic carbocycles. The quantitative estimate of drug-likeness (QED) is 0.744. The zero-order chi connectivity index (χ0) is 20.9. The molecule has 0 radical (unpaired) electrons. The van der Waals surface area contributed by atoms with Gasteiger partial charge in [-0.1, -0.05) is 55.7 Å². The van der Waals surface area contributed by atoms with Crippen LogP contribution in [0.1, 0.15) is 45.4 Å². The van der Waals surface area contributed by atoms with E-state index in [9.17, 15) is 9.59 Å². The van der Waals surface area contributed by atoms with Gasteiger partial charge in [-0.05, 0) is 31.9 Å². The second-order valence-electron chi connectivity index (χ2n) is 8.20. The molecule has 2 aromatic rings. The molecule has 5 nitrogen and oxygen atoms in total. The molecular formula is C25H30N2O3. The van der Waals surface area contributed by atoms with Crippen molar-refractivity contribution in [3.8, 4) is 16.9 Å². The van der Waals surface area contributed by atoms with Crippen LogP contribution in [-0.4, -0.2) is 35.9 Å². The van der Waals surface area contributed by atoms with Crippen LogP contribution in [0.2, 0.25) is 0 Å². The number of anilines is 1. The van der Waals surface area contributed by atoms with Crippen molar-refractivity contribution in [1.82, 2.24) is 4.90 Å². The molecule has 0 unspecified atom stereocenters. The number of benzene rings is 2. The average molecular weight is 407 g/mol. The van der Waals surface area contributed by atoms with Gasteiger partial charge < -0.3 is 15.0 Å². The predicted octanol–water partition coefficient (Wildman–Crippen LogP) is 4.87. The Kier molecular flexibility index (Phi) is 6.36. The third-order valence-corrected chi connectivity index (χ3v) is 6.21. The van der Waals surface area contributed by atoms with Gasteiger partial charge in [-0.15, -0.1) is 0 Å². The molecule has 30 heavy (non-hydrogen) atoms. The fourth-order valence-corrected chi connectivity index (χ4v) is 4.69. The van der Waals surface area contributed by atoms with Gasteiger partial charge in [0.1, 0.15) is 5.75 Å². The maximum absolute atomic E-state index is 13.1. The number of ether oxygens (including phenoxy) is 1. The van der Waals surface area contributed by atoms with E-state index in [1.165, 1.54) is 19.3 Å². The Morgan fingerprint density at radius 3 is 2.50 bits per heavy atom. The van der Waals surface area contributed by atoms with Gasteiger partial charge in [-0.2, -0.15) is 0 Å². The van der Waals surface area contributed by atoms with Crippen molar-refractivity contribution < 1.29 is 14.3 Å². The number of carbonyl (C=O) groups is 2. The number of amides is 2. The Balaban J connectivity index is 1.50. The molecule has 1 saturated carbocycles. The minimum Gasteiger partial charge on any atom is -0.493 e. The molecule has 158 valence electrons.